The molecule has 1 unspecified atom stereocenters. The summed E-state index contributed by atoms with van der Waals surface area (Å²) in [5.41, 5.74) is 6.11. The lowest BCUT2D eigenvalue weighted by Gasteiger charge is -2.12. The zero-order valence-electron chi connectivity index (χ0n) is 14.6. The number of pyridine rings is 2. The number of fused-ring (bicyclic) bond motifs is 2. The molecule has 0 fully saturated rings. The molecule has 4 rings (SSSR count). The molecule has 6 nitrogen and oxygen atoms in total. The average molecular weight is 462 g/mol. The first-order chi connectivity index (χ1) is 12.6. The molecule has 3 aromatic rings. The van der Waals surface area contributed by atoms with Crippen molar-refractivity contribution < 1.29 is 9.53 Å². The van der Waals surface area contributed by atoms with Gasteiger partial charge in [-0.2, -0.15) is 0 Å². The highest BCUT2D eigenvalue weighted by atomic mass is 127. The molecule has 1 atom stereocenters. The normalized spacial score (nSPS) is 15.0. The monoisotopic (exact) mass is 462 g/mol. The summed E-state index contributed by atoms with van der Waals surface area (Å²) in [4.78, 5) is 25.0. The molecular weight excluding hydrogens is 443 g/mol. The number of rotatable bonds is 4. The molecule has 7 heteroatoms. The third-order valence-corrected chi connectivity index (χ3v) is 5.69. The van der Waals surface area contributed by atoms with Crippen LogP contribution in [0.25, 0.3) is 22.3 Å². The molecule has 0 aromatic carbocycles. The predicted molar refractivity (Wildman–Crippen MR) is 108 cm³/mol. The van der Waals surface area contributed by atoms with E-state index in [-0.39, 0.29) is 12.0 Å². The third kappa shape index (κ3) is 2.88. The van der Waals surface area contributed by atoms with Crippen LogP contribution in [0.3, 0.4) is 0 Å². The fourth-order valence-electron chi connectivity index (χ4n) is 3.33. The lowest BCUT2D eigenvalue weighted by molar-refractivity contribution is 0.0736. The molecule has 0 saturated carbocycles. The summed E-state index contributed by atoms with van der Waals surface area (Å²) in [6.07, 6.45) is 2.50. The third-order valence-electron chi connectivity index (χ3n) is 4.61. The summed E-state index contributed by atoms with van der Waals surface area (Å²) in [6, 6.07) is 5.87. The molecule has 4 heterocycles. The fourth-order valence-corrected chi connectivity index (χ4v) is 4.32. The summed E-state index contributed by atoms with van der Waals surface area (Å²) in [5.74, 6) is -0.0184. The fraction of sp³-hybridized carbons (Fsp3) is 0.316. The van der Waals surface area contributed by atoms with Gasteiger partial charge in [-0.05, 0) is 54.6 Å². The van der Waals surface area contributed by atoms with E-state index in [2.05, 4.69) is 37.9 Å². The first-order valence-corrected chi connectivity index (χ1v) is 9.74. The molecule has 0 bridgehead atoms. The van der Waals surface area contributed by atoms with Crippen molar-refractivity contribution in [2.75, 3.05) is 13.2 Å². The maximum Gasteiger partial charge on any atom is 0.254 e. The van der Waals surface area contributed by atoms with Crippen molar-refractivity contribution in [3.63, 3.8) is 0 Å². The highest BCUT2D eigenvalue weighted by Crippen LogP contribution is 2.34. The minimum Gasteiger partial charge on any atom is -0.372 e. The van der Waals surface area contributed by atoms with Crippen LogP contribution in [0.5, 0.6) is 0 Å². The maximum absolute atomic E-state index is 12.2. The van der Waals surface area contributed by atoms with Crippen molar-refractivity contribution in [1.82, 2.24) is 20.3 Å². The van der Waals surface area contributed by atoms with Gasteiger partial charge in [0.2, 0.25) is 0 Å². The zero-order chi connectivity index (χ0) is 18.3. The number of ether oxygens (including phenoxy) is 1. The largest absolute Gasteiger partial charge is 0.372 e. The Morgan fingerprint density at radius 2 is 2.19 bits per heavy atom. The van der Waals surface area contributed by atoms with Gasteiger partial charge < -0.3 is 15.0 Å². The minimum atomic E-state index is -0.0841. The summed E-state index contributed by atoms with van der Waals surface area (Å²) in [6.45, 7) is 5.26. The van der Waals surface area contributed by atoms with Crippen molar-refractivity contribution in [3.05, 3.63) is 44.9 Å². The second-order valence-corrected chi connectivity index (χ2v) is 7.31. The maximum atomic E-state index is 12.2. The van der Waals surface area contributed by atoms with E-state index in [9.17, 15) is 4.79 Å². The average Bonchev–Trinajstić information content (AvgIpc) is 2.99. The number of hydrogen-bond donors (Lipinski definition) is 2. The van der Waals surface area contributed by atoms with Gasteiger partial charge in [-0.1, -0.05) is 0 Å². The van der Waals surface area contributed by atoms with Gasteiger partial charge >= 0.3 is 0 Å². The quantitative estimate of drug-likeness (QED) is 0.581. The number of amides is 1. The SMILES string of the molecule is CCOC(C)c1ccc2nccc(-c3[nH]c4c(c3I)C(=O)NCC4)c2n1. The van der Waals surface area contributed by atoms with Crippen molar-refractivity contribution in [2.45, 2.75) is 26.4 Å². The van der Waals surface area contributed by atoms with Gasteiger partial charge in [-0.25, -0.2) is 4.98 Å². The number of nitrogens with one attached hydrogen (secondary N) is 2. The van der Waals surface area contributed by atoms with E-state index in [1.54, 1.807) is 6.20 Å². The van der Waals surface area contributed by atoms with E-state index in [0.29, 0.717) is 13.2 Å². The highest BCUT2D eigenvalue weighted by molar-refractivity contribution is 14.1. The van der Waals surface area contributed by atoms with Crippen molar-refractivity contribution >= 4 is 39.5 Å². The van der Waals surface area contributed by atoms with E-state index in [1.165, 1.54) is 0 Å². The number of aromatic amines is 1. The molecule has 0 aliphatic carbocycles. The lowest BCUT2D eigenvalue weighted by Crippen LogP contribution is -2.31. The second kappa shape index (κ2) is 6.96. The Morgan fingerprint density at radius 3 is 2.96 bits per heavy atom. The molecular formula is C19H19IN4O2. The van der Waals surface area contributed by atoms with Crippen LogP contribution in [-0.2, 0) is 11.2 Å². The van der Waals surface area contributed by atoms with Crippen LogP contribution in [0, 0.1) is 3.57 Å². The van der Waals surface area contributed by atoms with Crippen LogP contribution < -0.4 is 5.32 Å². The predicted octanol–water partition coefficient (Wildman–Crippen LogP) is 3.61. The molecule has 1 amide bonds. The van der Waals surface area contributed by atoms with Gasteiger partial charge in [0.25, 0.3) is 5.91 Å². The molecule has 2 N–H and O–H groups in total. The zero-order valence-corrected chi connectivity index (χ0v) is 16.8. The lowest BCUT2D eigenvalue weighted by atomic mass is 10.1. The van der Waals surface area contributed by atoms with Crippen molar-refractivity contribution in [1.29, 1.82) is 0 Å². The van der Waals surface area contributed by atoms with Crippen LogP contribution in [0.2, 0.25) is 0 Å². The molecule has 1 aliphatic heterocycles. The van der Waals surface area contributed by atoms with Crippen LogP contribution in [0.4, 0.5) is 0 Å². The Bertz CT molecular complexity index is 999. The number of aromatic nitrogens is 3. The van der Waals surface area contributed by atoms with Crippen LogP contribution in [-0.4, -0.2) is 34.0 Å². The number of nitrogens with zero attached hydrogens (tertiary/aromatic N) is 2. The van der Waals surface area contributed by atoms with E-state index in [4.69, 9.17) is 9.72 Å². The highest BCUT2D eigenvalue weighted by Gasteiger charge is 2.26. The van der Waals surface area contributed by atoms with Crippen molar-refractivity contribution in [2.24, 2.45) is 0 Å². The van der Waals surface area contributed by atoms with Crippen LogP contribution in [0.1, 0.15) is 41.7 Å². The number of carbonyl (C=O) groups excluding carboxylic acids is 1. The summed E-state index contributed by atoms with van der Waals surface area (Å²) in [5, 5.41) is 2.91. The Balaban J connectivity index is 1.89. The number of H-pyrrole nitrogens is 1. The summed E-state index contributed by atoms with van der Waals surface area (Å²) < 4.78 is 6.60. The number of halogens is 1. The second-order valence-electron chi connectivity index (χ2n) is 6.23. The Labute approximate surface area is 164 Å². The molecule has 0 radical (unpaired) electrons. The van der Waals surface area contributed by atoms with Gasteiger partial charge in [0.05, 0.1) is 37.7 Å². The Kier molecular flexibility index (Phi) is 4.66. The van der Waals surface area contributed by atoms with Gasteiger partial charge in [0, 0.05) is 37.0 Å². The summed E-state index contributed by atoms with van der Waals surface area (Å²) in [7, 11) is 0. The Morgan fingerprint density at radius 1 is 1.35 bits per heavy atom. The first-order valence-electron chi connectivity index (χ1n) is 8.66. The smallest absolute Gasteiger partial charge is 0.254 e. The van der Waals surface area contributed by atoms with Crippen molar-refractivity contribution in [3.8, 4) is 11.3 Å². The van der Waals surface area contributed by atoms with Gasteiger partial charge in [0.15, 0.2) is 0 Å². The minimum absolute atomic E-state index is 0.0184. The first kappa shape index (κ1) is 17.4. The summed E-state index contributed by atoms with van der Waals surface area (Å²) >= 11 is 2.24. The standard InChI is InChI=1S/C19H19IN4O2/c1-3-26-10(2)12-4-5-14-17(23-12)11(6-8-21-14)18-16(20)15-13(24-18)7-9-22-19(15)25/h4-6,8,10,24H,3,7,9H2,1-2H3,(H,22,25). The topological polar surface area (TPSA) is 79.9 Å². The van der Waals surface area contributed by atoms with Crippen LogP contribution in [0.15, 0.2) is 24.4 Å². The van der Waals surface area contributed by atoms with E-state index >= 15 is 0 Å². The molecule has 3 aromatic heterocycles. The molecule has 26 heavy (non-hydrogen) atoms. The number of hydrogen-bond acceptors (Lipinski definition) is 4. The van der Waals surface area contributed by atoms with Crippen LogP contribution >= 0.6 is 22.6 Å². The van der Waals surface area contributed by atoms with E-state index < -0.39 is 0 Å². The molecule has 0 spiro atoms. The van der Waals surface area contributed by atoms with E-state index in [1.807, 2.05) is 32.0 Å². The number of carbonyl (C=O) groups is 1. The van der Waals surface area contributed by atoms with Gasteiger partial charge in [-0.15, -0.1) is 0 Å². The van der Waals surface area contributed by atoms with Gasteiger partial charge in [0.1, 0.15) is 0 Å². The molecule has 0 saturated heterocycles. The molecule has 134 valence electrons. The molecule has 1 aliphatic rings. The van der Waals surface area contributed by atoms with Gasteiger partial charge in [-0.3, -0.25) is 9.78 Å². The van der Waals surface area contributed by atoms with E-state index in [0.717, 1.165) is 49.2 Å². The Hall–Kier alpha value is -2.00.